The maximum atomic E-state index is 11.0. The highest BCUT2D eigenvalue weighted by Crippen LogP contribution is 2.29. The largest absolute Gasteiger partial charge is 0.426 e. The molecule has 1 unspecified atom stereocenters. The van der Waals surface area contributed by atoms with Gasteiger partial charge < -0.3 is 9.05 Å². The molecule has 3 nitrogen and oxygen atoms in total. The zero-order chi connectivity index (χ0) is 11.5. The van der Waals surface area contributed by atoms with Crippen LogP contribution in [0, 0.1) is 0 Å². The molecular formula is C11H17O3P. The number of benzene rings is 1. The SMILES string of the molecule is CO[PH](=O)Oc1ccc(C(C)(C)C)cc1. The van der Waals surface area contributed by atoms with E-state index in [2.05, 4.69) is 25.3 Å². The van der Waals surface area contributed by atoms with Crippen LogP contribution in [0.4, 0.5) is 0 Å². The molecule has 0 N–H and O–H groups in total. The lowest BCUT2D eigenvalue weighted by Gasteiger charge is -2.18. The first kappa shape index (κ1) is 12.3. The molecule has 15 heavy (non-hydrogen) atoms. The summed E-state index contributed by atoms with van der Waals surface area (Å²) in [4.78, 5) is 0. The summed E-state index contributed by atoms with van der Waals surface area (Å²) in [6, 6.07) is 7.56. The van der Waals surface area contributed by atoms with E-state index < -0.39 is 8.25 Å². The van der Waals surface area contributed by atoms with E-state index in [1.165, 1.54) is 12.7 Å². The van der Waals surface area contributed by atoms with Crippen molar-refractivity contribution in [2.24, 2.45) is 0 Å². The van der Waals surface area contributed by atoms with Crippen molar-refractivity contribution < 1.29 is 13.6 Å². The molecule has 0 saturated heterocycles. The molecule has 0 fully saturated rings. The maximum Gasteiger partial charge on any atom is 0.367 e. The molecule has 1 atom stereocenters. The van der Waals surface area contributed by atoms with Crippen molar-refractivity contribution in [2.75, 3.05) is 7.11 Å². The third-order valence-corrected chi connectivity index (χ3v) is 2.82. The van der Waals surface area contributed by atoms with Gasteiger partial charge in [-0.3, -0.25) is 0 Å². The summed E-state index contributed by atoms with van der Waals surface area (Å²) in [6.07, 6.45) is 0. The summed E-state index contributed by atoms with van der Waals surface area (Å²) in [7, 11) is -1.01. The van der Waals surface area contributed by atoms with E-state index in [9.17, 15) is 4.57 Å². The molecule has 0 aromatic heterocycles. The fraction of sp³-hybridized carbons (Fsp3) is 0.455. The van der Waals surface area contributed by atoms with Gasteiger partial charge in [0.15, 0.2) is 0 Å². The average Bonchev–Trinajstić information content (AvgIpc) is 2.17. The normalized spacial score (nSPS) is 13.6. The molecule has 1 aromatic carbocycles. The van der Waals surface area contributed by atoms with Crippen LogP contribution in [0.15, 0.2) is 24.3 Å². The average molecular weight is 228 g/mol. The van der Waals surface area contributed by atoms with Crippen LogP contribution in [0.2, 0.25) is 0 Å². The second kappa shape index (κ2) is 4.82. The van der Waals surface area contributed by atoms with E-state index in [0.29, 0.717) is 5.75 Å². The lowest BCUT2D eigenvalue weighted by Crippen LogP contribution is -2.10. The van der Waals surface area contributed by atoms with Crippen molar-refractivity contribution in [3.63, 3.8) is 0 Å². The number of hydrogen-bond donors (Lipinski definition) is 0. The molecule has 0 aliphatic rings. The van der Waals surface area contributed by atoms with Gasteiger partial charge >= 0.3 is 8.25 Å². The van der Waals surface area contributed by atoms with Crippen molar-refractivity contribution in [2.45, 2.75) is 26.2 Å². The summed E-state index contributed by atoms with van der Waals surface area (Å²) in [5.41, 5.74) is 1.33. The monoisotopic (exact) mass is 228 g/mol. The predicted octanol–water partition coefficient (Wildman–Crippen LogP) is 3.40. The second-order valence-electron chi connectivity index (χ2n) is 4.33. The van der Waals surface area contributed by atoms with Gasteiger partial charge in [0.2, 0.25) is 0 Å². The minimum atomic E-state index is -2.38. The van der Waals surface area contributed by atoms with E-state index in [1.807, 2.05) is 24.3 Å². The number of hydrogen-bond acceptors (Lipinski definition) is 3. The minimum absolute atomic E-state index is 0.116. The summed E-state index contributed by atoms with van der Waals surface area (Å²) in [6.45, 7) is 6.42. The fourth-order valence-corrected chi connectivity index (χ4v) is 1.57. The lowest BCUT2D eigenvalue weighted by molar-refractivity contribution is 0.349. The van der Waals surface area contributed by atoms with Gasteiger partial charge in [0.1, 0.15) is 5.75 Å². The second-order valence-corrected chi connectivity index (χ2v) is 5.44. The molecule has 0 radical (unpaired) electrons. The zero-order valence-electron chi connectivity index (χ0n) is 9.53. The summed E-state index contributed by atoms with van der Waals surface area (Å²) >= 11 is 0. The Bertz CT molecular complexity index is 338. The van der Waals surface area contributed by atoms with E-state index in [1.54, 1.807) is 0 Å². The minimum Gasteiger partial charge on any atom is -0.426 e. The van der Waals surface area contributed by atoms with Crippen LogP contribution in [-0.4, -0.2) is 7.11 Å². The molecule has 0 bridgehead atoms. The molecule has 1 rings (SSSR count). The van der Waals surface area contributed by atoms with Crippen molar-refractivity contribution in [1.82, 2.24) is 0 Å². The van der Waals surface area contributed by atoms with Gasteiger partial charge in [-0.15, -0.1) is 0 Å². The summed E-state index contributed by atoms with van der Waals surface area (Å²) < 4.78 is 20.6. The Hall–Kier alpha value is -0.790. The van der Waals surface area contributed by atoms with Gasteiger partial charge in [0, 0.05) is 7.11 Å². The highest BCUT2D eigenvalue weighted by molar-refractivity contribution is 7.33. The third-order valence-electron chi connectivity index (χ3n) is 2.09. The van der Waals surface area contributed by atoms with Crippen molar-refractivity contribution in [3.05, 3.63) is 29.8 Å². The fourth-order valence-electron chi connectivity index (χ4n) is 1.16. The van der Waals surface area contributed by atoms with Crippen LogP contribution in [0.1, 0.15) is 26.3 Å². The van der Waals surface area contributed by atoms with Crippen molar-refractivity contribution >= 4 is 8.25 Å². The molecule has 4 heteroatoms. The molecule has 84 valence electrons. The Morgan fingerprint density at radius 2 is 1.67 bits per heavy atom. The molecule has 0 heterocycles. The van der Waals surface area contributed by atoms with Crippen LogP contribution in [0.5, 0.6) is 5.75 Å². The van der Waals surface area contributed by atoms with Crippen molar-refractivity contribution in [1.29, 1.82) is 0 Å². The first-order valence-corrected chi connectivity index (χ1v) is 6.02. The molecule has 0 spiro atoms. The Kier molecular flexibility index (Phi) is 3.95. The Balaban J connectivity index is 2.77. The first-order valence-electron chi connectivity index (χ1n) is 4.80. The summed E-state index contributed by atoms with van der Waals surface area (Å²) in [5.74, 6) is 0.578. The third kappa shape index (κ3) is 3.69. The van der Waals surface area contributed by atoms with Crippen LogP contribution in [0.3, 0.4) is 0 Å². The molecule has 0 amide bonds. The maximum absolute atomic E-state index is 11.0. The van der Waals surface area contributed by atoms with E-state index in [0.717, 1.165) is 0 Å². The topological polar surface area (TPSA) is 35.5 Å². The van der Waals surface area contributed by atoms with E-state index >= 15 is 0 Å². The van der Waals surface area contributed by atoms with Gasteiger partial charge in [-0.25, -0.2) is 4.57 Å². The summed E-state index contributed by atoms with van der Waals surface area (Å²) in [5, 5.41) is 0. The van der Waals surface area contributed by atoms with Gasteiger partial charge in [-0.05, 0) is 23.1 Å². The van der Waals surface area contributed by atoms with Crippen molar-refractivity contribution in [3.8, 4) is 5.75 Å². The Labute approximate surface area is 91.4 Å². The first-order chi connectivity index (χ1) is 6.93. The van der Waals surface area contributed by atoms with Crippen LogP contribution >= 0.6 is 8.25 Å². The smallest absolute Gasteiger partial charge is 0.367 e. The zero-order valence-corrected chi connectivity index (χ0v) is 10.5. The molecule has 0 aliphatic carbocycles. The van der Waals surface area contributed by atoms with Gasteiger partial charge in [0.05, 0.1) is 0 Å². The Morgan fingerprint density at radius 3 is 2.07 bits per heavy atom. The van der Waals surface area contributed by atoms with Crippen LogP contribution in [-0.2, 0) is 14.5 Å². The van der Waals surface area contributed by atoms with Gasteiger partial charge in [-0.1, -0.05) is 32.9 Å². The lowest BCUT2D eigenvalue weighted by atomic mass is 9.87. The molecule has 0 saturated carbocycles. The standard InChI is InChI=1S/C11H17O3P/c1-11(2,3)9-5-7-10(8-6-9)14-15(12)13-4/h5-8,15H,1-4H3. The van der Waals surface area contributed by atoms with Crippen LogP contribution < -0.4 is 4.52 Å². The van der Waals surface area contributed by atoms with E-state index in [4.69, 9.17) is 4.52 Å². The van der Waals surface area contributed by atoms with Crippen LogP contribution in [0.25, 0.3) is 0 Å². The molecular weight excluding hydrogens is 211 g/mol. The van der Waals surface area contributed by atoms with Gasteiger partial charge in [0.25, 0.3) is 0 Å². The quantitative estimate of drug-likeness (QED) is 0.744. The molecule has 1 aromatic rings. The van der Waals surface area contributed by atoms with E-state index in [-0.39, 0.29) is 5.41 Å². The Morgan fingerprint density at radius 1 is 1.13 bits per heavy atom. The predicted molar refractivity (Wildman–Crippen MR) is 61.8 cm³/mol. The highest BCUT2D eigenvalue weighted by atomic mass is 31.1. The highest BCUT2D eigenvalue weighted by Gasteiger charge is 2.13. The molecule has 0 aliphatic heterocycles. The number of rotatable bonds is 3. The van der Waals surface area contributed by atoms with Gasteiger partial charge in [-0.2, -0.15) is 0 Å².